The number of benzene rings is 1. The van der Waals surface area contributed by atoms with E-state index in [-0.39, 0.29) is 11.5 Å². The summed E-state index contributed by atoms with van der Waals surface area (Å²) in [5, 5.41) is 10.6. The van der Waals surface area contributed by atoms with Gasteiger partial charge in [0.05, 0.1) is 4.92 Å². The van der Waals surface area contributed by atoms with Crippen molar-refractivity contribution in [2.75, 3.05) is 0 Å². The predicted molar refractivity (Wildman–Crippen MR) is 59.4 cm³/mol. The van der Waals surface area contributed by atoms with Crippen molar-refractivity contribution < 1.29 is 9.31 Å². The smallest absolute Gasteiger partial charge is 0.305 e. The highest BCUT2D eigenvalue weighted by Gasteiger charge is 2.25. The van der Waals surface area contributed by atoms with Crippen molar-refractivity contribution in [3.05, 3.63) is 39.7 Å². The van der Waals surface area contributed by atoms with Gasteiger partial charge in [-0.15, -0.1) is 0 Å². The van der Waals surface area contributed by atoms with Crippen LogP contribution < -0.4 is 5.73 Å². The average molecular weight is 226 g/mol. The first-order valence-corrected chi connectivity index (χ1v) is 4.93. The van der Waals surface area contributed by atoms with Crippen molar-refractivity contribution in [3.63, 3.8) is 0 Å². The minimum Gasteiger partial charge on any atom is -0.324 e. The lowest BCUT2D eigenvalue weighted by atomic mass is 9.83. The molecule has 0 bridgehead atoms. The summed E-state index contributed by atoms with van der Waals surface area (Å²) in [6.45, 7) is 5.77. The third-order valence-electron chi connectivity index (χ3n) is 2.46. The zero-order valence-electron chi connectivity index (χ0n) is 9.53. The molecule has 4 nitrogen and oxygen atoms in total. The van der Waals surface area contributed by atoms with Crippen LogP contribution in [0, 0.1) is 21.3 Å². The Morgan fingerprint density at radius 1 is 1.44 bits per heavy atom. The lowest BCUT2D eigenvalue weighted by molar-refractivity contribution is -0.387. The first-order chi connectivity index (χ1) is 7.23. The standard InChI is InChI=1S/C11H15FN2O2/c1-11(2,3)10(13)7-4-5-8(12)9(6-7)14(15)16/h4-6,10H,13H2,1-3H3/t10-/m0/s1. The van der Waals surface area contributed by atoms with Crippen LogP contribution in [0.15, 0.2) is 18.2 Å². The van der Waals surface area contributed by atoms with Crippen LogP contribution in [0.3, 0.4) is 0 Å². The van der Waals surface area contributed by atoms with Crippen molar-refractivity contribution in [2.45, 2.75) is 26.8 Å². The first-order valence-electron chi connectivity index (χ1n) is 4.93. The van der Waals surface area contributed by atoms with Gasteiger partial charge in [-0.2, -0.15) is 4.39 Å². The lowest BCUT2D eigenvalue weighted by Gasteiger charge is -2.27. The van der Waals surface area contributed by atoms with Crippen molar-refractivity contribution >= 4 is 5.69 Å². The summed E-state index contributed by atoms with van der Waals surface area (Å²) in [4.78, 5) is 9.83. The molecule has 0 aliphatic rings. The Morgan fingerprint density at radius 2 is 2.00 bits per heavy atom. The molecule has 1 aromatic carbocycles. The topological polar surface area (TPSA) is 69.2 Å². The van der Waals surface area contributed by atoms with E-state index in [1.807, 2.05) is 20.8 Å². The molecule has 0 saturated heterocycles. The lowest BCUT2D eigenvalue weighted by Crippen LogP contribution is -2.26. The monoisotopic (exact) mass is 226 g/mol. The van der Waals surface area contributed by atoms with Crippen LogP contribution in [0.2, 0.25) is 0 Å². The molecule has 0 aliphatic carbocycles. The quantitative estimate of drug-likeness (QED) is 0.622. The van der Waals surface area contributed by atoms with E-state index >= 15 is 0 Å². The number of hydrogen-bond donors (Lipinski definition) is 1. The summed E-state index contributed by atoms with van der Waals surface area (Å²) in [6, 6.07) is 3.40. The molecule has 88 valence electrons. The molecule has 2 N–H and O–H groups in total. The van der Waals surface area contributed by atoms with Gasteiger partial charge >= 0.3 is 5.69 Å². The number of nitrogens with two attached hydrogens (primary N) is 1. The molecule has 1 atom stereocenters. The van der Waals surface area contributed by atoms with Crippen LogP contribution >= 0.6 is 0 Å². The fourth-order valence-corrected chi connectivity index (χ4v) is 1.36. The predicted octanol–water partition coefficient (Wildman–Crippen LogP) is 2.78. The molecule has 5 heteroatoms. The van der Waals surface area contributed by atoms with Crippen molar-refractivity contribution in [2.24, 2.45) is 11.1 Å². The Hall–Kier alpha value is -1.49. The molecule has 0 saturated carbocycles. The first kappa shape index (κ1) is 12.6. The summed E-state index contributed by atoms with van der Waals surface area (Å²) in [5.74, 6) is -0.838. The average Bonchev–Trinajstić information content (AvgIpc) is 2.15. The number of nitro benzene ring substituents is 1. The van der Waals surface area contributed by atoms with Gasteiger partial charge in [-0.25, -0.2) is 0 Å². The Morgan fingerprint density at radius 3 is 2.44 bits per heavy atom. The third-order valence-corrected chi connectivity index (χ3v) is 2.46. The fraction of sp³-hybridized carbons (Fsp3) is 0.455. The summed E-state index contributed by atoms with van der Waals surface area (Å²) in [7, 11) is 0. The minimum atomic E-state index is -0.838. The van der Waals surface area contributed by atoms with Crippen LogP contribution in [-0.4, -0.2) is 4.92 Å². The second-order valence-electron chi connectivity index (χ2n) is 4.81. The second kappa shape index (κ2) is 4.17. The number of nitro groups is 1. The minimum absolute atomic E-state index is 0.230. The normalized spacial score (nSPS) is 13.6. The molecule has 1 aromatic rings. The van der Waals surface area contributed by atoms with Gasteiger partial charge in [0.25, 0.3) is 0 Å². The van der Waals surface area contributed by atoms with Crippen molar-refractivity contribution in [3.8, 4) is 0 Å². The molecule has 0 aliphatic heterocycles. The maximum Gasteiger partial charge on any atom is 0.305 e. The maximum atomic E-state index is 13.1. The van der Waals surface area contributed by atoms with Crippen LogP contribution in [0.4, 0.5) is 10.1 Å². The molecule has 0 radical (unpaired) electrons. The number of hydrogen-bond acceptors (Lipinski definition) is 3. The molecule has 0 unspecified atom stereocenters. The van der Waals surface area contributed by atoms with Gasteiger partial charge in [0, 0.05) is 12.1 Å². The highest BCUT2D eigenvalue weighted by atomic mass is 19.1. The molecule has 0 aromatic heterocycles. The van der Waals surface area contributed by atoms with Crippen LogP contribution in [-0.2, 0) is 0 Å². The van der Waals surface area contributed by atoms with Gasteiger partial charge in [0.2, 0.25) is 5.82 Å². The van der Waals surface area contributed by atoms with Crippen molar-refractivity contribution in [1.82, 2.24) is 0 Å². The second-order valence-corrected chi connectivity index (χ2v) is 4.81. The summed E-state index contributed by atoms with van der Waals surface area (Å²) in [5.41, 5.74) is 5.76. The van der Waals surface area contributed by atoms with Crippen LogP contribution in [0.5, 0.6) is 0 Å². The molecule has 0 spiro atoms. The molecule has 1 rings (SSSR count). The van der Waals surface area contributed by atoms with E-state index in [1.165, 1.54) is 12.1 Å². The highest BCUT2D eigenvalue weighted by molar-refractivity contribution is 5.37. The van der Waals surface area contributed by atoms with E-state index in [0.29, 0.717) is 5.56 Å². The van der Waals surface area contributed by atoms with Crippen LogP contribution in [0.1, 0.15) is 32.4 Å². The molecule has 16 heavy (non-hydrogen) atoms. The number of nitrogens with zero attached hydrogens (tertiary/aromatic N) is 1. The summed E-state index contributed by atoms with van der Waals surface area (Å²) in [6.07, 6.45) is 0. The zero-order valence-corrected chi connectivity index (χ0v) is 9.53. The van der Waals surface area contributed by atoms with E-state index in [4.69, 9.17) is 5.73 Å². The molecule has 0 amide bonds. The largest absolute Gasteiger partial charge is 0.324 e. The highest BCUT2D eigenvalue weighted by Crippen LogP contribution is 2.32. The van der Waals surface area contributed by atoms with Crippen LogP contribution in [0.25, 0.3) is 0 Å². The Balaban J connectivity index is 3.18. The van der Waals surface area contributed by atoms with Gasteiger partial charge in [-0.3, -0.25) is 10.1 Å². The van der Waals surface area contributed by atoms with E-state index < -0.39 is 16.4 Å². The van der Waals surface area contributed by atoms with Gasteiger partial charge in [-0.1, -0.05) is 26.8 Å². The van der Waals surface area contributed by atoms with E-state index in [9.17, 15) is 14.5 Å². The van der Waals surface area contributed by atoms with E-state index in [0.717, 1.165) is 6.07 Å². The maximum absolute atomic E-state index is 13.1. The number of rotatable bonds is 2. The van der Waals surface area contributed by atoms with Gasteiger partial charge in [0.1, 0.15) is 0 Å². The molecule has 0 fully saturated rings. The third kappa shape index (κ3) is 2.55. The van der Waals surface area contributed by atoms with Gasteiger partial charge in [0.15, 0.2) is 0 Å². The van der Waals surface area contributed by atoms with Crippen molar-refractivity contribution in [1.29, 1.82) is 0 Å². The van der Waals surface area contributed by atoms with Gasteiger partial charge in [-0.05, 0) is 17.0 Å². The SMILES string of the molecule is CC(C)(C)[C@@H](N)c1ccc(F)c([N+](=O)[O-])c1. The molecular formula is C11H15FN2O2. The van der Waals surface area contributed by atoms with Gasteiger partial charge < -0.3 is 5.73 Å². The fourth-order valence-electron chi connectivity index (χ4n) is 1.36. The molecule has 0 heterocycles. The Kier molecular flexibility index (Phi) is 3.28. The van der Waals surface area contributed by atoms with E-state index in [2.05, 4.69) is 0 Å². The Bertz CT molecular complexity index is 413. The number of halogens is 1. The molecular weight excluding hydrogens is 211 g/mol. The zero-order chi connectivity index (χ0) is 12.5. The summed E-state index contributed by atoms with van der Waals surface area (Å²) < 4.78 is 13.1. The van der Waals surface area contributed by atoms with E-state index in [1.54, 1.807) is 0 Å². The Labute approximate surface area is 93.4 Å². The summed E-state index contributed by atoms with van der Waals surface area (Å²) >= 11 is 0.